The molecule has 1 aliphatic heterocycles. The molecule has 14 heavy (non-hydrogen) atoms. The SMILES string of the molecule is ClC[C@H]1CCCN1Cc1ccccc1. The van der Waals surface area contributed by atoms with Crippen molar-refractivity contribution >= 4 is 11.6 Å². The molecule has 0 aromatic heterocycles. The lowest BCUT2D eigenvalue weighted by Gasteiger charge is -2.22. The van der Waals surface area contributed by atoms with Crippen LogP contribution < -0.4 is 0 Å². The number of nitrogens with zero attached hydrogens (tertiary/aromatic N) is 1. The molecule has 0 radical (unpaired) electrons. The third kappa shape index (κ3) is 2.28. The minimum absolute atomic E-state index is 0.594. The highest BCUT2D eigenvalue weighted by Crippen LogP contribution is 2.20. The summed E-state index contributed by atoms with van der Waals surface area (Å²) >= 11 is 5.93. The fourth-order valence-electron chi connectivity index (χ4n) is 2.10. The summed E-state index contributed by atoms with van der Waals surface area (Å²) in [6, 6.07) is 11.2. The van der Waals surface area contributed by atoms with Crippen LogP contribution in [0.2, 0.25) is 0 Å². The van der Waals surface area contributed by atoms with Crippen molar-refractivity contribution in [1.29, 1.82) is 0 Å². The summed E-state index contributed by atoms with van der Waals surface area (Å²) in [5.41, 5.74) is 1.39. The van der Waals surface area contributed by atoms with Gasteiger partial charge in [-0.1, -0.05) is 30.3 Å². The third-order valence-corrected chi connectivity index (χ3v) is 3.26. The molecule has 2 heteroatoms. The zero-order valence-electron chi connectivity index (χ0n) is 8.32. The Morgan fingerprint density at radius 2 is 2.07 bits per heavy atom. The number of rotatable bonds is 3. The van der Waals surface area contributed by atoms with E-state index in [0.717, 1.165) is 12.4 Å². The van der Waals surface area contributed by atoms with Crippen molar-refractivity contribution in [2.75, 3.05) is 12.4 Å². The first-order chi connectivity index (χ1) is 6.90. The van der Waals surface area contributed by atoms with Gasteiger partial charge in [0.1, 0.15) is 0 Å². The van der Waals surface area contributed by atoms with Gasteiger partial charge in [0.15, 0.2) is 0 Å². The maximum absolute atomic E-state index is 5.93. The van der Waals surface area contributed by atoms with Gasteiger partial charge in [-0.3, -0.25) is 4.90 Å². The topological polar surface area (TPSA) is 3.24 Å². The summed E-state index contributed by atoms with van der Waals surface area (Å²) in [6.07, 6.45) is 2.56. The molecule has 0 bridgehead atoms. The van der Waals surface area contributed by atoms with Crippen LogP contribution in [0.5, 0.6) is 0 Å². The van der Waals surface area contributed by atoms with Gasteiger partial charge in [-0.25, -0.2) is 0 Å². The van der Waals surface area contributed by atoms with Crippen LogP contribution in [0.25, 0.3) is 0 Å². The van der Waals surface area contributed by atoms with Gasteiger partial charge in [-0.2, -0.15) is 0 Å². The Morgan fingerprint density at radius 1 is 1.29 bits per heavy atom. The monoisotopic (exact) mass is 209 g/mol. The largest absolute Gasteiger partial charge is 0.295 e. The van der Waals surface area contributed by atoms with Gasteiger partial charge in [0.25, 0.3) is 0 Å². The second kappa shape index (κ2) is 4.81. The van der Waals surface area contributed by atoms with Gasteiger partial charge in [-0.15, -0.1) is 11.6 Å². The molecule has 1 aliphatic rings. The predicted molar refractivity (Wildman–Crippen MR) is 60.6 cm³/mol. The number of alkyl halides is 1. The van der Waals surface area contributed by atoms with E-state index < -0.39 is 0 Å². The second-order valence-corrected chi connectivity index (χ2v) is 4.22. The molecule has 2 rings (SSSR count). The molecule has 1 heterocycles. The van der Waals surface area contributed by atoms with Crippen molar-refractivity contribution < 1.29 is 0 Å². The van der Waals surface area contributed by atoms with Crippen molar-refractivity contribution in [1.82, 2.24) is 4.90 Å². The Labute approximate surface area is 90.7 Å². The van der Waals surface area contributed by atoms with E-state index >= 15 is 0 Å². The normalized spacial score (nSPS) is 22.8. The van der Waals surface area contributed by atoms with E-state index in [1.165, 1.54) is 24.9 Å². The summed E-state index contributed by atoms with van der Waals surface area (Å²) in [7, 11) is 0. The predicted octanol–water partition coefficient (Wildman–Crippen LogP) is 2.89. The van der Waals surface area contributed by atoms with Crippen LogP contribution in [0.15, 0.2) is 30.3 Å². The average Bonchev–Trinajstić information content (AvgIpc) is 2.67. The molecule has 1 fully saturated rings. The lowest BCUT2D eigenvalue weighted by atomic mass is 10.2. The van der Waals surface area contributed by atoms with Crippen molar-refractivity contribution in [2.45, 2.75) is 25.4 Å². The van der Waals surface area contributed by atoms with E-state index in [1.54, 1.807) is 0 Å². The van der Waals surface area contributed by atoms with Gasteiger partial charge in [0.05, 0.1) is 0 Å². The van der Waals surface area contributed by atoms with Gasteiger partial charge in [0, 0.05) is 18.5 Å². The molecule has 0 spiro atoms. The number of hydrogen-bond acceptors (Lipinski definition) is 1. The zero-order chi connectivity index (χ0) is 9.80. The first kappa shape index (κ1) is 10.0. The molecular weight excluding hydrogens is 194 g/mol. The zero-order valence-corrected chi connectivity index (χ0v) is 9.08. The summed E-state index contributed by atoms with van der Waals surface area (Å²) in [5.74, 6) is 0.771. The smallest absolute Gasteiger partial charge is 0.0379 e. The molecule has 76 valence electrons. The summed E-state index contributed by atoms with van der Waals surface area (Å²) in [6.45, 7) is 2.25. The quantitative estimate of drug-likeness (QED) is 0.692. The van der Waals surface area contributed by atoms with Crippen molar-refractivity contribution in [3.05, 3.63) is 35.9 Å². The lowest BCUT2D eigenvalue weighted by Crippen LogP contribution is -2.30. The molecule has 0 N–H and O–H groups in total. The number of hydrogen-bond donors (Lipinski definition) is 0. The Hall–Kier alpha value is -0.530. The van der Waals surface area contributed by atoms with Crippen LogP contribution in [0.3, 0.4) is 0 Å². The summed E-state index contributed by atoms with van der Waals surface area (Å²) in [5, 5.41) is 0. The Bertz CT molecular complexity index is 273. The highest BCUT2D eigenvalue weighted by Gasteiger charge is 2.22. The first-order valence-corrected chi connectivity index (χ1v) is 5.77. The van der Waals surface area contributed by atoms with E-state index in [1.807, 2.05) is 0 Å². The van der Waals surface area contributed by atoms with Crippen LogP contribution in [-0.2, 0) is 6.54 Å². The Kier molecular flexibility index (Phi) is 3.44. The molecule has 1 nitrogen and oxygen atoms in total. The molecule has 1 saturated heterocycles. The molecule has 0 aliphatic carbocycles. The maximum atomic E-state index is 5.93. The fraction of sp³-hybridized carbons (Fsp3) is 0.500. The molecule has 0 amide bonds. The molecule has 0 unspecified atom stereocenters. The van der Waals surface area contributed by atoms with Crippen LogP contribution >= 0.6 is 11.6 Å². The Morgan fingerprint density at radius 3 is 2.79 bits per heavy atom. The minimum Gasteiger partial charge on any atom is -0.295 e. The second-order valence-electron chi connectivity index (χ2n) is 3.91. The van der Waals surface area contributed by atoms with Gasteiger partial charge in [-0.05, 0) is 24.9 Å². The first-order valence-electron chi connectivity index (χ1n) is 5.24. The van der Waals surface area contributed by atoms with Gasteiger partial charge >= 0.3 is 0 Å². The summed E-state index contributed by atoms with van der Waals surface area (Å²) < 4.78 is 0. The van der Waals surface area contributed by atoms with Crippen LogP contribution in [0, 0.1) is 0 Å². The van der Waals surface area contributed by atoms with Crippen molar-refractivity contribution in [3.63, 3.8) is 0 Å². The van der Waals surface area contributed by atoms with E-state index in [9.17, 15) is 0 Å². The van der Waals surface area contributed by atoms with E-state index in [4.69, 9.17) is 11.6 Å². The number of halogens is 1. The fourth-order valence-corrected chi connectivity index (χ4v) is 2.45. The number of benzene rings is 1. The molecule has 1 aromatic carbocycles. The van der Waals surface area contributed by atoms with E-state index in [-0.39, 0.29) is 0 Å². The van der Waals surface area contributed by atoms with Crippen LogP contribution in [0.4, 0.5) is 0 Å². The number of likely N-dealkylation sites (tertiary alicyclic amines) is 1. The highest BCUT2D eigenvalue weighted by atomic mass is 35.5. The van der Waals surface area contributed by atoms with Gasteiger partial charge in [0.2, 0.25) is 0 Å². The molecule has 1 aromatic rings. The standard InChI is InChI=1S/C12H16ClN/c13-9-12-7-4-8-14(12)10-11-5-2-1-3-6-11/h1-3,5-6,12H,4,7-10H2/t12-/m1/s1. The lowest BCUT2D eigenvalue weighted by molar-refractivity contribution is 0.263. The molecule has 1 atom stereocenters. The van der Waals surface area contributed by atoms with Gasteiger partial charge < -0.3 is 0 Å². The Balaban J connectivity index is 1.97. The van der Waals surface area contributed by atoms with Crippen LogP contribution in [-0.4, -0.2) is 23.4 Å². The summed E-state index contributed by atoms with van der Waals surface area (Å²) in [4.78, 5) is 2.49. The molecular formula is C12H16ClN. The average molecular weight is 210 g/mol. The van der Waals surface area contributed by atoms with Crippen molar-refractivity contribution in [2.24, 2.45) is 0 Å². The minimum atomic E-state index is 0.594. The third-order valence-electron chi connectivity index (χ3n) is 2.91. The highest BCUT2D eigenvalue weighted by molar-refractivity contribution is 6.18. The van der Waals surface area contributed by atoms with Crippen molar-refractivity contribution in [3.8, 4) is 0 Å². The molecule has 0 saturated carbocycles. The maximum Gasteiger partial charge on any atom is 0.0379 e. The van der Waals surface area contributed by atoms with E-state index in [0.29, 0.717) is 6.04 Å². The van der Waals surface area contributed by atoms with Crippen LogP contribution in [0.1, 0.15) is 18.4 Å². The van der Waals surface area contributed by atoms with E-state index in [2.05, 4.69) is 35.2 Å².